The SMILES string of the molecule is COc1cccc(CNC=C2CC2)c1. The van der Waals surface area contributed by atoms with E-state index in [9.17, 15) is 0 Å². The molecule has 0 bridgehead atoms. The van der Waals surface area contributed by atoms with E-state index in [0.29, 0.717) is 0 Å². The molecule has 0 unspecified atom stereocenters. The van der Waals surface area contributed by atoms with Crippen LogP contribution >= 0.6 is 0 Å². The van der Waals surface area contributed by atoms with Crippen LogP contribution in [0.25, 0.3) is 0 Å². The Morgan fingerprint density at radius 3 is 3.00 bits per heavy atom. The Kier molecular flexibility index (Phi) is 2.73. The van der Waals surface area contributed by atoms with E-state index < -0.39 is 0 Å². The van der Waals surface area contributed by atoms with Gasteiger partial charge in [-0.15, -0.1) is 0 Å². The van der Waals surface area contributed by atoms with Crippen LogP contribution in [0.15, 0.2) is 36.0 Å². The Hall–Kier alpha value is -1.44. The van der Waals surface area contributed by atoms with Gasteiger partial charge in [0.15, 0.2) is 0 Å². The van der Waals surface area contributed by atoms with E-state index in [0.717, 1.165) is 12.3 Å². The molecular formula is C12H15NO. The van der Waals surface area contributed by atoms with E-state index in [4.69, 9.17) is 4.74 Å². The topological polar surface area (TPSA) is 21.3 Å². The molecule has 2 heteroatoms. The zero-order chi connectivity index (χ0) is 9.80. The molecule has 1 aromatic rings. The van der Waals surface area contributed by atoms with Crippen molar-refractivity contribution in [2.24, 2.45) is 0 Å². The molecule has 0 heterocycles. The van der Waals surface area contributed by atoms with Crippen LogP contribution in [0.3, 0.4) is 0 Å². The van der Waals surface area contributed by atoms with Gasteiger partial charge in [0.05, 0.1) is 7.11 Å². The van der Waals surface area contributed by atoms with Gasteiger partial charge in [0.2, 0.25) is 0 Å². The molecule has 74 valence electrons. The van der Waals surface area contributed by atoms with E-state index >= 15 is 0 Å². The normalized spacial score (nSPS) is 13.6. The summed E-state index contributed by atoms with van der Waals surface area (Å²) in [5, 5.41) is 3.30. The number of allylic oxidation sites excluding steroid dienone is 1. The van der Waals surface area contributed by atoms with Gasteiger partial charge >= 0.3 is 0 Å². The van der Waals surface area contributed by atoms with E-state index in [-0.39, 0.29) is 0 Å². The van der Waals surface area contributed by atoms with Gasteiger partial charge in [0.25, 0.3) is 0 Å². The standard InChI is InChI=1S/C12H15NO/c1-14-12-4-2-3-11(7-12)9-13-8-10-5-6-10/h2-4,7-8,13H,5-6,9H2,1H3. The predicted molar refractivity (Wildman–Crippen MR) is 57.2 cm³/mol. The molecule has 0 radical (unpaired) electrons. The van der Waals surface area contributed by atoms with Gasteiger partial charge in [0, 0.05) is 6.54 Å². The number of benzene rings is 1. The van der Waals surface area contributed by atoms with Gasteiger partial charge in [-0.25, -0.2) is 0 Å². The molecule has 1 N–H and O–H groups in total. The van der Waals surface area contributed by atoms with Crippen molar-refractivity contribution in [3.8, 4) is 5.75 Å². The van der Waals surface area contributed by atoms with E-state index in [2.05, 4.69) is 23.6 Å². The summed E-state index contributed by atoms with van der Waals surface area (Å²) in [6.07, 6.45) is 4.66. The fraction of sp³-hybridized carbons (Fsp3) is 0.333. The summed E-state index contributed by atoms with van der Waals surface area (Å²) in [6, 6.07) is 8.13. The first-order chi connectivity index (χ1) is 6.88. The zero-order valence-electron chi connectivity index (χ0n) is 8.42. The first-order valence-electron chi connectivity index (χ1n) is 4.93. The quantitative estimate of drug-likeness (QED) is 0.785. The van der Waals surface area contributed by atoms with Crippen molar-refractivity contribution < 1.29 is 4.74 Å². The smallest absolute Gasteiger partial charge is 0.119 e. The minimum atomic E-state index is 0.876. The number of nitrogens with one attached hydrogen (secondary N) is 1. The maximum Gasteiger partial charge on any atom is 0.119 e. The van der Waals surface area contributed by atoms with Gasteiger partial charge < -0.3 is 10.1 Å². The van der Waals surface area contributed by atoms with Crippen LogP contribution in [0.4, 0.5) is 0 Å². The molecule has 1 aliphatic carbocycles. The van der Waals surface area contributed by atoms with Crippen molar-refractivity contribution in [1.82, 2.24) is 5.32 Å². The van der Waals surface area contributed by atoms with Crippen molar-refractivity contribution in [1.29, 1.82) is 0 Å². The molecule has 0 atom stereocenters. The van der Waals surface area contributed by atoms with Gasteiger partial charge in [-0.3, -0.25) is 0 Å². The van der Waals surface area contributed by atoms with Crippen molar-refractivity contribution in [2.75, 3.05) is 7.11 Å². The Bertz CT molecular complexity index is 338. The number of rotatable bonds is 4. The lowest BCUT2D eigenvalue weighted by atomic mass is 10.2. The Balaban J connectivity index is 1.90. The Morgan fingerprint density at radius 2 is 2.29 bits per heavy atom. The lowest BCUT2D eigenvalue weighted by Crippen LogP contribution is -2.04. The van der Waals surface area contributed by atoms with E-state index in [1.807, 2.05) is 12.1 Å². The van der Waals surface area contributed by atoms with Crippen LogP contribution in [0, 0.1) is 0 Å². The first-order valence-corrected chi connectivity index (χ1v) is 4.93. The summed E-state index contributed by atoms with van der Waals surface area (Å²) in [7, 11) is 1.69. The third-order valence-electron chi connectivity index (χ3n) is 2.29. The van der Waals surface area contributed by atoms with E-state index in [1.54, 1.807) is 7.11 Å². The highest BCUT2D eigenvalue weighted by molar-refractivity contribution is 5.28. The van der Waals surface area contributed by atoms with Crippen LogP contribution in [0.1, 0.15) is 18.4 Å². The van der Waals surface area contributed by atoms with Crippen molar-refractivity contribution in [3.63, 3.8) is 0 Å². The van der Waals surface area contributed by atoms with E-state index in [1.165, 1.54) is 24.0 Å². The summed E-state index contributed by atoms with van der Waals surface area (Å²) in [6.45, 7) is 0.876. The monoisotopic (exact) mass is 189 g/mol. The van der Waals surface area contributed by atoms with Gasteiger partial charge in [-0.2, -0.15) is 0 Å². The summed E-state index contributed by atoms with van der Waals surface area (Å²) < 4.78 is 5.15. The van der Waals surface area contributed by atoms with Crippen LogP contribution in [-0.4, -0.2) is 7.11 Å². The number of ether oxygens (including phenoxy) is 1. The third-order valence-corrected chi connectivity index (χ3v) is 2.29. The van der Waals surface area contributed by atoms with Crippen molar-refractivity contribution >= 4 is 0 Å². The highest BCUT2D eigenvalue weighted by atomic mass is 16.5. The lowest BCUT2D eigenvalue weighted by molar-refractivity contribution is 0.414. The zero-order valence-corrected chi connectivity index (χ0v) is 8.42. The second kappa shape index (κ2) is 4.18. The molecule has 0 aromatic heterocycles. The maximum absolute atomic E-state index is 5.15. The second-order valence-electron chi connectivity index (χ2n) is 3.54. The van der Waals surface area contributed by atoms with Gasteiger partial charge in [-0.05, 0) is 36.7 Å². The lowest BCUT2D eigenvalue weighted by Gasteiger charge is -2.04. The molecule has 2 rings (SSSR count). The maximum atomic E-state index is 5.15. The predicted octanol–water partition coefficient (Wildman–Crippen LogP) is 2.46. The fourth-order valence-corrected chi connectivity index (χ4v) is 1.31. The molecule has 14 heavy (non-hydrogen) atoms. The number of hydrogen-bond acceptors (Lipinski definition) is 2. The highest BCUT2D eigenvalue weighted by Crippen LogP contribution is 2.26. The molecule has 1 aliphatic rings. The Morgan fingerprint density at radius 1 is 1.43 bits per heavy atom. The molecule has 1 aromatic carbocycles. The molecule has 1 fully saturated rings. The first kappa shape index (κ1) is 9.13. The summed E-state index contributed by atoms with van der Waals surface area (Å²) in [5.74, 6) is 0.920. The molecule has 0 spiro atoms. The average Bonchev–Trinajstić information content (AvgIpc) is 3.02. The number of methoxy groups -OCH3 is 1. The van der Waals surface area contributed by atoms with Crippen molar-refractivity contribution in [3.05, 3.63) is 41.6 Å². The molecular weight excluding hydrogens is 174 g/mol. The van der Waals surface area contributed by atoms with Crippen molar-refractivity contribution in [2.45, 2.75) is 19.4 Å². The van der Waals surface area contributed by atoms with Crippen LogP contribution in [-0.2, 0) is 6.54 Å². The molecule has 1 saturated carbocycles. The summed E-state index contributed by atoms with van der Waals surface area (Å²) in [4.78, 5) is 0. The minimum absolute atomic E-state index is 0.876. The average molecular weight is 189 g/mol. The largest absolute Gasteiger partial charge is 0.497 e. The highest BCUT2D eigenvalue weighted by Gasteiger charge is 2.09. The molecule has 0 amide bonds. The number of hydrogen-bond donors (Lipinski definition) is 1. The molecule has 0 aliphatic heterocycles. The second-order valence-corrected chi connectivity index (χ2v) is 3.54. The Labute approximate surface area is 84.6 Å². The van der Waals surface area contributed by atoms with Crippen LogP contribution < -0.4 is 10.1 Å². The minimum Gasteiger partial charge on any atom is -0.497 e. The van der Waals surface area contributed by atoms with Gasteiger partial charge in [0.1, 0.15) is 5.75 Å². The fourth-order valence-electron chi connectivity index (χ4n) is 1.31. The molecule has 0 saturated heterocycles. The summed E-state index contributed by atoms with van der Waals surface area (Å²) in [5.41, 5.74) is 2.77. The van der Waals surface area contributed by atoms with Crippen LogP contribution in [0.5, 0.6) is 5.75 Å². The van der Waals surface area contributed by atoms with Gasteiger partial charge in [-0.1, -0.05) is 17.7 Å². The van der Waals surface area contributed by atoms with Crippen LogP contribution in [0.2, 0.25) is 0 Å². The summed E-state index contributed by atoms with van der Waals surface area (Å²) >= 11 is 0. The third kappa shape index (κ3) is 2.52. The molecule has 2 nitrogen and oxygen atoms in total.